The number of hydrogen-bond acceptors (Lipinski definition) is 2. The molecule has 3 nitrogen and oxygen atoms in total. The van der Waals surface area contributed by atoms with Gasteiger partial charge in [0.25, 0.3) is 0 Å². The summed E-state index contributed by atoms with van der Waals surface area (Å²) in [5, 5.41) is 12.7. The van der Waals surface area contributed by atoms with Gasteiger partial charge in [-0.2, -0.15) is 0 Å². The maximum absolute atomic E-state index is 12.8. The van der Waals surface area contributed by atoms with Crippen molar-refractivity contribution in [3.63, 3.8) is 0 Å². The molecule has 1 aromatic carbocycles. The summed E-state index contributed by atoms with van der Waals surface area (Å²) in [4.78, 5) is 3.97. The van der Waals surface area contributed by atoms with Gasteiger partial charge in [0.05, 0.1) is 5.76 Å². The van der Waals surface area contributed by atoms with Crippen LogP contribution in [0.4, 0.5) is 8.78 Å². The summed E-state index contributed by atoms with van der Waals surface area (Å²) in [6, 6.07) is 9.53. The average Bonchev–Trinajstić information content (AvgIpc) is 2.56. The molecule has 0 spiro atoms. The number of rotatable bonds is 2. The van der Waals surface area contributed by atoms with Gasteiger partial charge in [-0.3, -0.25) is 0 Å². The monoisotopic (exact) mass is 505 g/mol. The van der Waals surface area contributed by atoms with Crippen LogP contribution >= 0.6 is 0 Å². The molecule has 0 saturated heterocycles. The van der Waals surface area contributed by atoms with Crippen LogP contribution in [-0.2, 0) is 20.1 Å². The van der Waals surface area contributed by atoms with Crippen molar-refractivity contribution in [3.8, 4) is 11.3 Å². The van der Waals surface area contributed by atoms with E-state index in [-0.39, 0.29) is 25.9 Å². The van der Waals surface area contributed by atoms with Crippen molar-refractivity contribution >= 4 is 0 Å². The first-order chi connectivity index (χ1) is 11.1. The molecule has 1 N–H and O–H groups in total. The van der Waals surface area contributed by atoms with Crippen LogP contribution in [0.1, 0.15) is 0 Å². The Balaban J connectivity index is 0.000000252. The van der Waals surface area contributed by atoms with Crippen molar-refractivity contribution in [2.75, 3.05) is 6.54 Å². The fourth-order valence-corrected chi connectivity index (χ4v) is 1.77. The molecule has 0 bridgehead atoms. The van der Waals surface area contributed by atoms with Crippen LogP contribution < -0.4 is 0 Å². The fourth-order valence-electron chi connectivity index (χ4n) is 1.77. The average molecular weight is 505 g/mol. The van der Waals surface area contributed by atoms with Gasteiger partial charge < -0.3 is 15.4 Å². The summed E-state index contributed by atoms with van der Waals surface area (Å²) < 4.78 is 25.6. The molecule has 0 unspecified atom stereocenters. The SMILES string of the molecule is C=C(O)C1=CC=CC[N-]1.Fc1[c-]c(-c2ccccn2)cc(F)c1.[Ir]. The molecule has 0 atom stereocenters. The van der Waals surface area contributed by atoms with Crippen molar-refractivity contribution in [2.45, 2.75) is 0 Å². The van der Waals surface area contributed by atoms with Crippen molar-refractivity contribution in [1.29, 1.82) is 0 Å². The van der Waals surface area contributed by atoms with Gasteiger partial charge in [-0.25, -0.2) is 8.78 Å². The molecule has 0 amide bonds. The van der Waals surface area contributed by atoms with Gasteiger partial charge in [0.15, 0.2) is 0 Å². The number of aliphatic hydroxyl groups excluding tert-OH is 1. The van der Waals surface area contributed by atoms with Crippen LogP contribution in [0.5, 0.6) is 0 Å². The molecule has 24 heavy (non-hydrogen) atoms. The topological polar surface area (TPSA) is 47.2 Å². The third-order valence-electron chi connectivity index (χ3n) is 2.79. The Morgan fingerprint density at radius 1 is 1.29 bits per heavy atom. The van der Waals surface area contributed by atoms with Gasteiger partial charge in [-0.05, 0) is 11.8 Å². The van der Waals surface area contributed by atoms with Gasteiger partial charge in [-0.15, -0.1) is 30.3 Å². The number of benzene rings is 1. The van der Waals surface area contributed by atoms with E-state index in [4.69, 9.17) is 5.11 Å². The molecule has 6 heteroatoms. The van der Waals surface area contributed by atoms with Crippen LogP contribution in [0, 0.1) is 17.7 Å². The second kappa shape index (κ2) is 9.75. The van der Waals surface area contributed by atoms with E-state index in [9.17, 15) is 8.78 Å². The molecular weight excluding hydrogens is 490 g/mol. The van der Waals surface area contributed by atoms with Crippen LogP contribution in [0.15, 0.2) is 72.8 Å². The molecule has 1 radical (unpaired) electrons. The van der Waals surface area contributed by atoms with Crippen molar-refractivity contribution in [2.24, 2.45) is 0 Å². The minimum absolute atomic E-state index is 0. The third-order valence-corrected chi connectivity index (χ3v) is 2.79. The van der Waals surface area contributed by atoms with E-state index in [2.05, 4.69) is 22.9 Å². The summed E-state index contributed by atoms with van der Waals surface area (Å²) in [5.41, 5.74) is 1.41. The van der Waals surface area contributed by atoms with Crippen LogP contribution in [-0.4, -0.2) is 16.6 Å². The Kier molecular flexibility index (Phi) is 8.02. The van der Waals surface area contributed by atoms with E-state index in [0.717, 1.165) is 6.07 Å². The molecule has 1 aliphatic heterocycles. The standard InChI is InChI=1S/C11H6F2N.C7H8NO.Ir/c12-9-5-8(6-10(13)7-9)11-3-1-2-4-14-11;1-6(9)7-4-2-3-5-8-7;/h1-5,7H;2-4,9H,1,5H2;/q2*-1;. The molecule has 127 valence electrons. The zero-order chi connectivity index (χ0) is 16.7. The minimum atomic E-state index is -0.717. The first-order valence-corrected chi connectivity index (χ1v) is 6.78. The van der Waals surface area contributed by atoms with E-state index in [1.54, 1.807) is 30.5 Å². The summed E-state index contributed by atoms with van der Waals surface area (Å²) >= 11 is 0. The number of aliphatic hydroxyl groups is 1. The Hall–Kier alpha value is -2.30. The number of pyridine rings is 1. The molecule has 3 rings (SSSR count). The zero-order valence-corrected chi connectivity index (χ0v) is 14.9. The maximum Gasteiger partial charge on any atom is 0.0931 e. The normalized spacial score (nSPS) is 12.0. The molecule has 1 aromatic heterocycles. The van der Waals surface area contributed by atoms with Gasteiger partial charge in [0, 0.05) is 37.9 Å². The van der Waals surface area contributed by atoms with E-state index >= 15 is 0 Å². The predicted octanol–water partition coefficient (Wildman–Crippen LogP) is 4.71. The number of halogens is 2. The van der Waals surface area contributed by atoms with Gasteiger partial charge in [0.2, 0.25) is 0 Å². The van der Waals surface area contributed by atoms with E-state index in [1.807, 2.05) is 12.2 Å². The molecule has 2 aromatic rings. The van der Waals surface area contributed by atoms with Crippen LogP contribution in [0.25, 0.3) is 16.6 Å². The Bertz CT molecular complexity index is 726. The summed E-state index contributed by atoms with van der Waals surface area (Å²) in [7, 11) is 0. The summed E-state index contributed by atoms with van der Waals surface area (Å²) in [6.45, 7) is 3.98. The summed E-state index contributed by atoms with van der Waals surface area (Å²) in [6.07, 6.45) is 7.05. The Labute approximate surface area is 152 Å². The van der Waals surface area contributed by atoms with E-state index < -0.39 is 11.6 Å². The summed E-state index contributed by atoms with van der Waals surface area (Å²) in [5.74, 6) is -1.30. The van der Waals surface area contributed by atoms with E-state index in [1.165, 1.54) is 6.07 Å². The van der Waals surface area contributed by atoms with Gasteiger partial charge in [-0.1, -0.05) is 42.6 Å². The van der Waals surface area contributed by atoms with Crippen molar-refractivity contribution in [3.05, 3.63) is 95.8 Å². The van der Waals surface area contributed by atoms with Crippen molar-refractivity contribution < 1.29 is 34.0 Å². The predicted molar refractivity (Wildman–Crippen MR) is 85.6 cm³/mol. The molecular formula is C18H14F2IrN2O-2. The maximum atomic E-state index is 12.8. The van der Waals surface area contributed by atoms with Gasteiger partial charge >= 0.3 is 0 Å². The fraction of sp³-hybridized carbons (Fsp3) is 0.0556. The van der Waals surface area contributed by atoms with E-state index in [0.29, 0.717) is 23.5 Å². The number of aromatic nitrogens is 1. The van der Waals surface area contributed by atoms with Crippen molar-refractivity contribution in [1.82, 2.24) is 4.98 Å². The quantitative estimate of drug-likeness (QED) is 0.476. The number of nitrogens with zero attached hydrogens (tertiary/aromatic N) is 2. The molecule has 2 heterocycles. The smallest absolute Gasteiger partial charge is 0.0931 e. The van der Waals surface area contributed by atoms with Crippen LogP contribution in [0.3, 0.4) is 0 Å². The first kappa shape index (κ1) is 19.7. The zero-order valence-electron chi connectivity index (χ0n) is 12.5. The van der Waals surface area contributed by atoms with Gasteiger partial charge in [0.1, 0.15) is 0 Å². The number of hydrogen-bond donors (Lipinski definition) is 1. The second-order valence-corrected chi connectivity index (χ2v) is 4.54. The molecule has 0 aliphatic carbocycles. The molecule has 1 aliphatic rings. The Morgan fingerprint density at radius 3 is 2.58 bits per heavy atom. The third kappa shape index (κ3) is 6.07. The molecule has 0 fully saturated rings. The molecule has 0 saturated carbocycles. The Morgan fingerprint density at radius 2 is 2.08 bits per heavy atom. The minimum Gasteiger partial charge on any atom is -0.678 e. The second-order valence-electron chi connectivity index (χ2n) is 4.54. The van der Waals surface area contributed by atoms with Crippen LogP contribution in [0.2, 0.25) is 0 Å². The number of allylic oxidation sites excluding steroid dienone is 2. The first-order valence-electron chi connectivity index (χ1n) is 6.78. The largest absolute Gasteiger partial charge is 0.678 e.